The van der Waals surface area contributed by atoms with Crippen LogP contribution >= 0.6 is 37.9 Å². The van der Waals surface area contributed by atoms with Gasteiger partial charge in [0.1, 0.15) is 0 Å². The van der Waals surface area contributed by atoms with E-state index in [9.17, 15) is 14.4 Å². The molecule has 0 aliphatic rings. The van der Waals surface area contributed by atoms with Crippen LogP contribution in [0.2, 0.25) is 0 Å². The van der Waals surface area contributed by atoms with Crippen molar-refractivity contribution < 1.29 is 50.1 Å². The maximum absolute atomic E-state index is 9.92. The summed E-state index contributed by atoms with van der Waals surface area (Å²) in [5.74, 6) is -2.31. The molecule has 3 unspecified atom stereocenters. The second-order valence-corrected chi connectivity index (χ2v) is 9.30. The first-order chi connectivity index (χ1) is 15.2. The van der Waals surface area contributed by atoms with Crippen molar-refractivity contribution in [3.05, 3.63) is 0 Å². The summed E-state index contributed by atoms with van der Waals surface area (Å²) in [7, 11) is 0. The van der Waals surface area contributed by atoms with Crippen molar-refractivity contribution >= 4 is 55.8 Å². The smallest absolute Gasteiger partial charge is 0.304 e. The van der Waals surface area contributed by atoms with Gasteiger partial charge >= 0.3 is 17.9 Å². The third kappa shape index (κ3) is 31.3. The highest BCUT2D eigenvalue weighted by molar-refractivity contribution is 7.81. The van der Waals surface area contributed by atoms with E-state index in [0.717, 1.165) is 19.3 Å². The number of hydrogen-bond donors (Lipinski definition) is 10. The Hall–Kier alpha value is -0.700. The number of carboxylic acids is 3. The van der Waals surface area contributed by atoms with Crippen molar-refractivity contribution in [3.63, 3.8) is 0 Å². The largest absolute Gasteiger partial charge is 0.481 e. The summed E-state index contributed by atoms with van der Waals surface area (Å²) in [5.41, 5.74) is -1.11. The van der Waals surface area contributed by atoms with Crippen molar-refractivity contribution in [2.75, 3.05) is 26.4 Å². The summed E-state index contributed by atoms with van der Waals surface area (Å²) < 4.78 is 0. The minimum Gasteiger partial charge on any atom is -0.481 e. The fraction of sp³-hybridized carbons (Fsp3) is 0.850. The van der Waals surface area contributed by atoms with E-state index in [-0.39, 0.29) is 35.0 Å². The Balaban J connectivity index is -0.000000170. The summed E-state index contributed by atoms with van der Waals surface area (Å²) in [6, 6.07) is 0. The first-order valence-corrected chi connectivity index (χ1v) is 11.9. The molecule has 3 atom stereocenters. The molecule has 0 radical (unpaired) electrons. The average molecular weight is 539 g/mol. The molecule has 0 aromatic rings. The molecule has 0 bridgehead atoms. The predicted octanol–water partition coefficient (Wildman–Crippen LogP) is 1.45. The topological polar surface area (TPSA) is 193 Å². The lowest BCUT2D eigenvalue weighted by Crippen LogP contribution is -2.37. The highest BCUT2D eigenvalue weighted by Gasteiger charge is 2.26. The van der Waals surface area contributed by atoms with Crippen molar-refractivity contribution in [1.82, 2.24) is 0 Å². The highest BCUT2D eigenvalue weighted by Crippen LogP contribution is 2.12. The van der Waals surface area contributed by atoms with E-state index >= 15 is 0 Å². The van der Waals surface area contributed by atoms with Gasteiger partial charge in [0.15, 0.2) is 0 Å². The lowest BCUT2D eigenvalue weighted by molar-refractivity contribution is -0.138. The SMILES string of the molecule is CCC(S)CC(=O)O.CCC(S)CC(=O)O.CCC(S)CC(=O)O.OCC(CO)(CO)CO. The van der Waals surface area contributed by atoms with E-state index in [0.29, 0.717) is 0 Å². The molecule has 0 rings (SSSR count). The maximum Gasteiger partial charge on any atom is 0.304 e. The highest BCUT2D eigenvalue weighted by atomic mass is 32.1. The van der Waals surface area contributed by atoms with Crippen molar-refractivity contribution in [2.45, 2.75) is 75.0 Å². The van der Waals surface area contributed by atoms with Gasteiger partial charge in [-0.25, -0.2) is 0 Å². The molecule has 10 nitrogen and oxygen atoms in total. The minimum absolute atomic E-state index is 0.0208. The molecule has 13 heteroatoms. The van der Waals surface area contributed by atoms with Crippen LogP contribution in [0.3, 0.4) is 0 Å². The summed E-state index contributed by atoms with van der Waals surface area (Å²) in [5, 5.41) is 58.5. The van der Waals surface area contributed by atoms with Gasteiger partial charge in [-0.2, -0.15) is 37.9 Å². The average Bonchev–Trinajstić information content (AvgIpc) is 2.75. The molecule has 0 amide bonds. The number of carbonyl (C=O) groups is 3. The fourth-order valence-corrected chi connectivity index (χ4v) is 1.81. The van der Waals surface area contributed by atoms with Gasteiger partial charge in [0.2, 0.25) is 0 Å². The number of aliphatic carboxylic acids is 3. The molecule has 33 heavy (non-hydrogen) atoms. The monoisotopic (exact) mass is 538 g/mol. The van der Waals surface area contributed by atoms with Gasteiger partial charge in [-0.05, 0) is 19.3 Å². The van der Waals surface area contributed by atoms with E-state index in [2.05, 4.69) is 37.9 Å². The number of aliphatic hydroxyl groups excluding tert-OH is 4. The number of aliphatic hydroxyl groups is 4. The van der Waals surface area contributed by atoms with E-state index in [4.69, 9.17) is 35.7 Å². The van der Waals surface area contributed by atoms with Crippen LogP contribution in [0.15, 0.2) is 0 Å². The molecule has 200 valence electrons. The second kappa shape index (κ2) is 25.9. The normalized spacial score (nSPS) is 12.9. The first kappa shape index (κ1) is 39.5. The summed E-state index contributed by atoms with van der Waals surface area (Å²) in [6.45, 7) is 4.13. The maximum atomic E-state index is 9.92. The van der Waals surface area contributed by atoms with Crippen LogP contribution in [0, 0.1) is 5.41 Å². The molecule has 0 aromatic carbocycles. The zero-order valence-corrected chi connectivity index (χ0v) is 22.2. The molecule has 0 saturated carbocycles. The molecule has 0 heterocycles. The number of hydrogen-bond acceptors (Lipinski definition) is 10. The van der Waals surface area contributed by atoms with Crippen molar-refractivity contribution in [1.29, 1.82) is 0 Å². The zero-order valence-electron chi connectivity index (χ0n) is 19.5. The standard InChI is InChI=1S/C5H12O4.3C5H10O2S/c6-1-5(2-7,3-8)4-9;3*1-2-4(8)3-5(6)7/h6-9H,1-4H2;3*4,8H,2-3H2,1H3,(H,6,7). The quantitative estimate of drug-likeness (QED) is 0.153. The Labute approximate surface area is 212 Å². The van der Waals surface area contributed by atoms with Gasteiger partial charge in [0, 0.05) is 15.7 Å². The van der Waals surface area contributed by atoms with Crippen LogP contribution in [-0.4, -0.2) is 95.8 Å². The van der Waals surface area contributed by atoms with Crippen LogP contribution in [0.25, 0.3) is 0 Å². The van der Waals surface area contributed by atoms with Gasteiger partial charge in [0.25, 0.3) is 0 Å². The van der Waals surface area contributed by atoms with Gasteiger partial charge in [-0.15, -0.1) is 0 Å². The Morgan fingerprint density at radius 3 is 0.788 bits per heavy atom. The Morgan fingerprint density at radius 2 is 0.758 bits per heavy atom. The minimum atomic E-state index is -1.11. The lowest BCUT2D eigenvalue weighted by Gasteiger charge is -2.23. The van der Waals surface area contributed by atoms with Crippen molar-refractivity contribution in [3.8, 4) is 0 Å². The molecular formula is C20H42O10S3. The third-order valence-electron chi connectivity index (χ3n) is 3.99. The molecule has 0 fully saturated rings. The fourth-order valence-electron chi connectivity index (χ4n) is 1.34. The van der Waals surface area contributed by atoms with Crippen LogP contribution < -0.4 is 0 Å². The van der Waals surface area contributed by atoms with Crippen LogP contribution in [0.1, 0.15) is 59.3 Å². The van der Waals surface area contributed by atoms with E-state index < -0.39 is 49.8 Å². The van der Waals surface area contributed by atoms with Crippen LogP contribution in [0.4, 0.5) is 0 Å². The first-order valence-electron chi connectivity index (χ1n) is 10.4. The van der Waals surface area contributed by atoms with E-state index in [1.807, 2.05) is 20.8 Å². The summed E-state index contributed by atoms with van der Waals surface area (Å²) in [4.78, 5) is 29.8. The number of thiol groups is 3. The van der Waals surface area contributed by atoms with Crippen LogP contribution in [0.5, 0.6) is 0 Å². The van der Waals surface area contributed by atoms with Gasteiger partial charge in [0.05, 0.1) is 51.1 Å². The van der Waals surface area contributed by atoms with Crippen LogP contribution in [-0.2, 0) is 14.4 Å². The summed E-state index contributed by atoms with van der Waals surface area (Å²) in [6.07, 6.45) is 2.94. The molecule has 0 aliphatic carbocycles. The molecule has 0 aromatic heterocycles. The summed E-state index contributed by atoms with van der Waals surface area (Å²) >= 11 is 12.0. The Morgan fingerprint density at radius 1 is 0.576 bits per heavy atom. The Bertz CT molecular complexity index is 421. The molecular weight excluding hydrogens is 496 g/mol. The van der Waals surface area contributed by atoms with Gasteiger partial charge in [-0.3, -0.25) is 14.4 Å². The van der Waals surface area contributed by atoms with E-state index in [1.165, 1.54) is 0 Å². The zero-order chi connectivity index (χ0) is 27.0. The Kier molecular flexibility index (Phi) is 31.0. The second-order valence-electron chi connectivity index (χ2n) is 7.11. The van der Waals surface area contributed by atoms with Gasteiger partial charge < -0.3 is 35.7 Å². The molecule has 7 N–H and O–H groups in total. The number of rotatable bonds is 13. The third-order valence-corrected chi connectivity index (χ3v) is 5.63. The molecule has 0 spiro atoms. The van der Waals surface area contributed by atoms with E-state index in [1.54, 1.807) is 0 Å². The molecule has 0 aliphatic heterocycles. The molecule has 0 saturated heterocycles. The predicted molar refractivity (Wildman–Crippen MR) is 137 cm³/mol. The van der Waals surface area contributed by atoms with Crippen molar-refractivity contribution in [2.24, 2.45) is 5.41 Å². The van der Waals surface area contributed by atoms with Gasteiger partial charge in [-0.1, -0.05) is 20.8 Å². The lowest BCUT2D eigenvalue weighted by atomic mass is 9.93. The number of carboxylic acid groups (broad SMARTS) is 3.